The quantitative estimate of drug-likeness (QED) is 0.343. The van der Waals surface area contributed by atoms with Crippen LogP contribution in [0.25, 0.3) is 0 Å². The van der Waals surface area contributed by atoms with Gasteiger partial charge in [0.25, 0.3) is 5.79 Å². The maximum absolute atomic E-state index is 11.2. The highest BCUT2D eigenvalue weighted by Gasteiger charge is 2.38. The van der Waals surface area contributed by atoms with Crippen LogP contribution in [0.3, 0.4) is 0 Å². The number of nitrogens with two attached hydrogens (primary N) is 1. The van der Waals surface area contributed by atoms with Crippen LogP contribution in [0, 0.1) is 0 Å². The van der Waals surface area contributed by atoms with Gasteiger partial charge >= 0.3 is 18.0 Å². The zero-order valence-corrected chi connectivity index (χ0v) is 8.20. The second kappa shape index (κ2) is 3.60. The Labute approximate surface area is 85.2 Å². The predicted molar refractivity (Wildman–Crippen MR) is 47.1 cm³/mol. The summed E-state index contributed by atoms with van der Waals surface area (Å²) < 4.78 is 9.49. The summed E-state index contributed by atoms with van der Waals surface area (Å²) in [4.78, 5) is 32.8. The fourth-order valence-corrected chi connectivity index (χ4v) is 0.922. The van der Waals surface area contributed by atoms with Gasteiger partial charge in [-0.25, -0.2) is 14.4 Å². The molecule has 15 heavy (non-hydrogen) atoms. The van der Waals surface area contributed by atoms with Crippen molar-refractivity contribution in [1.29, 1.82) is 0 Å². The molecule has 0 aromatic rings. The van der Waals surface area contributed by atoms with E-state index < -0.39 is 29.3 Å². The maximum atomic E-state index is 11.2. The van der Waals surface area contributed by atoms with Gasteiger partial charge < -0.3 is 20.5 Å². The number of nitrogens with one attached hydrogen (secondary N) is 1. The third-order valence-electron chi connectivity index (χ3n) is 1.48. The summed E-state index contributed by atoms with van der Waals surface area (Å²) in [6.07, 6.45) is 0.849. The van der Waals surface area contributed by atoms with Gasteiger partial charge in [-0.3, -0.25) is 0 Å². The molecule has 0 aromatic heterocycles. The second-order valence-corrected chi connectivity index (χ2v) is 3.25. The highest BCUT2D eigenvalue weighted by molar-refractivity contribution is 6.15. The molecular weight excluding hydrogens is 204 g/mol. The molecule has 0 radical (unpaired) electrons. The summed E-state index contributed by atoms with van der Waals surface area (Å²) in [6.45, 7) is 2.84. The molecule has 0 bridgehead atoms. The zero-order valence-electron chi connectivity index (χ0n) is 8.20. The van der Waals surface area contributed by atoms with Crippen LogP contribution in [0.15, 0.2) is 11.8 Å². The second-order valence-electron chi connectivity index (χ2n) is 3.25. The Hall–Kier alpha value is -2.05. The Morgan fingerprint density at radius 1 is 1.33 bits per heavy atom. The van der Waals surface area contributed by atoms with Gasteiger partial charge in [0.05, 0.1) is 0 Å². The fourth-order valence-electron chi connectivity index (χ4n) is 0.922. The molecule has 82 valence electrons. The summed E-state index contributed by atoms with van der Waals surface area (Å²) in [5.41, 5.74) is 4.35. The summed E-state index contributed by atoms with van der Waals surface area (Å²) in [5, 5.41) is 1.98. The Balaban J connectivity index is 2.84. The van der Waals surface area contributed by atoms with Crippen LogP contribution in [0.4, 0.5) is 4.79 Å². The highest BCUT2D eigenvalue weighted by Crippen LogP contribution is 2.21. The third-order valence-corrected chi connectivity index (χ3v) is 1.48. The lowest BCUT2D eigenvalue weighted by Crippen LogP contribution is -2.42. The first-order valence-corrected chi connectivity index (χ1v) is 4.04. The van der Waals surface area contributed by atoms with Crippen molar-refractivity contribution in [3.8, 4) is 0 Å². The van der Waals surface area contributed by atoms with E-state index in [9.17, 15) is 14.4 Å². The van der Waals surface area contributed by atoms with Gasteiger partial charge in [0, 0.05) is 20.0 Å². The van der Waals surface area contributed by atoms with E-state index >= 15 is 0 Å². The summed E-state index contributed by atoms with van der Waals surface area (Å²) in [7, 11) is 0. The van der Waals surface area contributed by atoms with Crippen molar-refractivity contribution >= 4 is 18.0 Å². The van der Waals surface area contributed by atoms with E-state index in [-0.39, 0.29) is 0 Å². The Bertz CT molecular complexity index is 336. The summed E-state index contributed by atoms with van der Waals surface area (Å²) in [5.74, 6) is -3.03. The number of rotatable bonds is 1. The van der Waals surface area contributed by atoms with Crippen LogP contribution in [0.1, 0.15) is 13.8 Å². The van der Waals surface area contributed by atoms with E-state index in [0.717, 1.165) is 6.20 Å². The Kier molecular flexibility index (Phi) is 2.65. The van der Waals surface area contributed by atoms with Crippen molar-refractivity contribution in [1.82, 2.24) is 5.32 Å². The lowest BCUT2D eigenvalue weighted by Gasteiger charge is -2.29. The van der Waals surface area contributed by atoms with Crippen LogP contribution in [-0.4, -0.2) is 23.8 Å². The molecule has 0 aliphatic carbocycles. The largest absolute Gasteiger partial charge is 0.419 e. The molecule has 1 heterocycles. The molecule has 3 N–H and O–H groups in total. The molecule has 1 aliphatic rings. The molecular formula is C8H10N2O5. The van der Waals surface area contributed by atoms with E-state index in [1.165, 1.54) is 13.8 Å². The van der Waals surface area contributed by atoms with Crippen molar-refractivity contribution in [2.24, 2.45) is 5.73 Å². The lowest BCUT2D eigenvalue weighted by molar-refractivity contribution is -0.222. The molecule has 1 saturated heterocycles. The minimum absolute atomic E-state index is 0.409. The molecule has 7 nitrogen and oxygen atoms in total. The van der Waals surface area contributed by atoms with E-state index in [1.54, 1.807) is 0 Å². The van der Waals surface area contributed by atoms with E-state index in [4.69, 9.17) is 15.2 Å². The van der Waals surface area contributed by atoms with Gasteiger partial charge in [-0.2, -0.15) is 0 Å². The number of hydrogen-bond acceptors (Lipinski definition) is 5. The van der Waals surface area contributed by atoms with Gasteiger partial charge in [0.1, 0.15) is 0 Å². The fraction of sp³-hybridized carbons (Fsp3) is 0.375. The molecule has 0 spiro atoms. The van der Waals surface area contributed by atoms with Crippen LogP contribution in [0.2, 0.25) is 0 Å². The number of urea groups is 1. The van der Waals surface area contributed by atoms with Gasteiger partial charge in [0.2, 0.25) is 0 Å². The molecule has 1 fully saturated rings. The van der Waals surface area contributed by atoms with E-state index in [2.05, 4.69) is 0 Å². The smallest absolute Gasteiger partial charge is 0.350 e. The number of hydrogen-bond donors (Lipinski definition) is 2. The number of amides is 2. The number of carbonyl (C=O) groups excluding carboxylic acids is 3. The minimum atomic E-state index is -1.29. The van der Waals surface area contributed by atoms with E-state index in [0.29, 0.717) is 0 Å². The predicted octanol–water partition coefficient (Wildman–Crippen LogP) is -0.625. The normalized spacial score (nSPS) is 18.9. The van der Waals surface area contributed by atoms with Crippen molar-refractivity contribution in [3.63, 3.8) is 0 Å². The minimum Gasteiger partial charge on any atom is -0.419 e. The van der Waals surface area contributed by atoms with Gasteiger partial charge in [0.15, 0.2) is 5.57 Å². The molecule has 0 aromatic carbocycles. The standard InChI is InChI=1S/C8H10N2O5/c1-8(2)14-5(11)4(6(12)15-8)3-10-7(9)13/h3H,1-2H3,(H3,9,10,13). The molecule has 0 saturated carbocycles. The van der Waals surface area contributed by atoms with Crippen molar-refractivity contribution in [2.45, 2.75) is 19.6 Å². The number of cyclic esters (lactones) is 2. The number of esters is 2. The zero-order chi connectivity index (χ0) is 11.6. The SMILES string of the molecule is CC1(C)OC(=O)C(=CNC(N)=O)C(=O)O1. The third kappa shape index (κ3) is 2.70. The summed E-state index contributed by atoms with van der Waals surface area (Å²) >= 11 is 0. The number of primary amides is 1. The van der Waals surface area contributed by atoms with E-state index in [1.807, 2.05) is 5.32 Å². The molecule has 0 unspecified atom stereocenters. The van der Waals surface area contributed by atoms with Crippen molar-refractivity contribution in [3.05, 3.63) is 11.8 Å². The molecule has 1 rings (SSSR count). The molecule has 0 atom stereocenters. The van der Waals surface area contributed by atoms with Crippen molar-refractivity contribution in [2.75, 3.05) is 0 Å². The van der Waals surface area contributed by atoms with Crippen LogP contribution in [-0.2, 0) is 19.1 Å². The maximum Gasteiger partial charge on any atom is 0.350 e. The number of ether oxygens (including phenoxy) is 2. The average molecular weight is 214 g/mol. The molecule has 2 amide bonds. The van der Waals surface area contributed by atoms with Gasteiger partial charge in [-0.05, 0) is 0 Å². The van der Waals surface area contributed by atoms with Crippen molar-refractivity contribution < 1.29 is 23.9 Å². The van der Waals surface area contributed by atoms with Gasteiger partial charge in [-0.15, -0.1) is 0 Å². The van der Waals surface area contributed by atoms with Crippen LogP contribution < -0.4 is 11.1 Å². The topological polar surface area (TPSA) is 108 Å². The molecule has 1 aliphatic heterocycles. The van der Waals surface area contributed by atoms with Crippen LogP contribution >= 0.6 is 0 Å². The Morgan fingerprint density at radius 3 is 2.20 bits per heavy atom. The van der Waals surface area contributed by atoms with Crippen LogP contribution in [0.5, 0.6) is 0 Å². The first kappa shape index (κ1) is 11.0. The monoisotopic (exact) mass is 214 g/mol. The Morgan fingerprint density at radius 2 is 1.80 bits per heavy atom. The first-order valence-electron chi connectivity index (χ1n) is 4.04. The summed E-state index contributed by atoms with van der Waals surface area (Å²) in [6, 6.07) is -0.895. The molecule has 7 heteroatoms. The first-order chi connectivity index (χ1) is 6.82. The highest BCUT2D eigenvalue weighted by atomic mass is 16.7. The number of carbonyl (C=O) groups is 3. The van der Waals surface area contributed by atoms with Gasteiger partial charge in [-0.1, -0.05) is 0 Å². The average Bonchev–Trinajstić information content (AvgIpc) is 1.98. The lowest BCUT2D eigenvalue weighted by atomic mass is 10.2.